The molecule has 6 bridgehead atoms. The predicted molar refractivity (Wildman–Crippen MR) is 250 cm³/mol. The number of allylic oxidation sites excluding steroid dienone is 1. The van der Waals surface area contributed by atoms with Gasteiger partial charge in [-0.15, -0.1) is 0 Å². The molecule has 5 aliphatic heterocycles. The van der Waals surface area contributed by atoms with Gasteiger partial charge in [0.25, 0.3) is 0 Å². The lowest BCUT2D eigenvalue weighted by atomic mass is 9.87. The summed E-state index contributed by atoms with van der Waals surface area (Å²) in [5.74, 6) is 6.47. The maximum atomic E-state index is 12.0. The Morgan fingerprint density at radius 3 is 2.11 bits per heavy atom. The number of aromatic hydroxyl groups is 1. The van der Waals surface area contributed by atoms with E-state index in [-0.39, 0.29) is 28.6 Å². The highest BCUT2D eigenvalue weighted by Gasteiger charge is 2.35. The highest BCUT2D eigenvalue weighted by atomic mass is 16.5. The molecule has 6 heterocycles. The van der Waals surface area contributed by atoms with Crippen molar-refractivity contribution in [2.45, 2.75) is 58.0 Å². The smallest absolute Gasteiger partial charge is 0.204 e. The molecule has 12 nitrogen and oxygen atoms in total. The van der Waals surface area contributed by atoms with E-state index in [0.717, 1.165) is 61.2 Å². The summed E-state index contributed by atoms with van der Waals surface area (Å²) in [7, 11) is 11.1. The molecule has 2 unspecified atom stereocenters. The Labute approximate surface area is 379 Å². The monoisotopic (exact) mass is 880 g/mol. The number of phenols is 1. The van der Waals surface area contributed by atoms with Crippen LogP contribution in [0.2, 0.25) is 0 Å². The van der Waals surface area contributed by atoms with Gasteiger partial charge in [0.05, 0.1) is 28.4 Å². The van der Waals surface area contributed by atoms with Crippen molar-refractivity contribution >= 4 is 11.0 Å². The molecule has 338 valence electrons. The first kappa shape index (κ1) is 43.6. The Balaban J connectivity index is 0.000000233. The summed E-state index contributed by atoms with van der Waals surface area (Å²) in [6.45, 7) is 6.01. The van der Waals surface area contributed by atoms with Crippen LogP contribution in [0.5, 0.6) is 57.5 Å². The van der Waals surface area contributed by atoms with Gasteiger partial charge in [0.1, 0.15) is 40.6 Å². The van der Waals surface area contributed by atoms with E-state index in [1.54, 1.807) is 41.4 Å². The minimum absolute atomic E-state index is 0.000437. The van der Waals surface area contributed by atoms with E-state index in [1.807, 2.05) is 31.2 Å². The number of nitrogens with zero attached hydrogens (tertiary/aromatic N) is 2. The first-order chi connectivity index (χ1) is 31.5. The van der Waals surface area contributed by atoms with Crippen molar-refractivity contribution in [2.75, 3.05) is 62.2 Å². The van der Waals surface area contributed by atoms with Crippen molar-refractivity contribution in [1.82, 2.24) is 9.80 Å². The molecule has 6 aromatic rings. The normalized spacial score (nSPS) is 17.8. The lowest BCUT2D eigenvalue weighted by Gasteiger charge is -2.37. The minimum atomic E-state index is -0.232. The van der Waals surface area contributed by atoms with Crippen molar-refractivity contribution in [2.24, 2.45) is 0 Å². The summed E-state index contributed by atoms with van der Waals surface area (Å²) in [5, 5.41) is 10.5. The Bertz CT molecular complexity index is 2870. The third-order valence-corrected chi connectivity index (χ3v) is 13.1. The number of methoxy groups -OCH3 is 4. The molecule has 1 aromatic heterocycles. The Morgan fingerprint density at radius 2 is 1.37 bits per heavy atom. The quantitative estimate of drug-likeness (QED) is 0.170. The van der Waals surface area contributed by atoms with Crippen LogP contribution in [0, 0.1) is 6.92 Å². The average molecular weight is 881 g/mol. The van der Waals surface area contributed by atoms with Gasteiger partial charge in [-0.3, -0.25) is 14.6 Å². The van der Waals surface area contributed by atoms with Gasteiger partial charge in [-0.05, 0) is 136 Å². The zero-order valence-electron chi connectivity index (χ0n) is 38.3. The van der Waals surface area contributed by atoms with Gasteiger partial charge in [0, 0.05) is 48.4 Å². The first-order valence-corrected chi connectivity index (χ1v) is 22.0. The van der Waals surface area contributed by atoms with Gasteiger partial charge < -0.3 is 42.7 Å². The summed E-state index contributed by atoms with van der Waals surface area (Å²) in [5.41, 5.74) is 9.01. The molecule has 0 radical (unpaired) electrons. The summed E-state index contributed by atoms with van der Waals surface area (Å²) in [6.07, 6.45) is 5.92. The highest BCUT2D eigenvalue weighted by molar-refractivity contribution is 5.87. The van der Waals surface area contributed by atoms with E-state index in [9.17, 15) is 9.90 Å². The molecule has 0 aliphatic carbocycles. The van der Waals surface area contributed by atoms with Crippen LogP contribution in [0.3, 0.4) is 0 Å². The number of rotatable bonds is 4. The van der Waals surface area contributed by atoms with Crippen molar-refractivity contribution in [3.63, 3.8) is 0 Å². The molecule has 5 aliphatic rings. The van der Waals surface area contributed by atoms with E-state index < -0.39 is 0 Å². The van der Waals surface area contributed by atoms with Gasteiger partial charge in [0.15, 0.2) is 39.9 Å². The largest absolute Gasteiger partial charge is 0.507 e. The van der Waals surface area contributed by atoms with E-state index in [1.165, 1.54) is 28.3 Å². The van der Waals surface area contributed by atoms with Crippen molar-refractivity contribution in [1.29, 1.82) is 0 Å². The number of phenolic OH excluding ortho intramolecular Hbond substituents is 1. The summed E-state index contributed by atoms with van der Waals surface area (Å²) in [4.78, 5) is 16.8. The minimum Gasteiger partial charge on any atom is -0.507 e. The van der Waals surface area contributed by atoms with Crippen LogP contribution in [0.15, 0.2) is 93.7 Å². The first-order valence-electron chi connectivity index (χ1n) is 22.0. The third kappa shape index (κ3) is 8.44. The number of ether oxygens (including phenoxy) is 7. The third-order valence-electron chi connectivity index (χ3n) is 13.1. The van der Waals surface area contributed by atoms with Crippen molar-refractivity contribution in [3.05, 3.63) is 139 Å². The van der Waals surface area contributed by atoms with E-state index in [2.05, 4.69) is 66.4 Å². The molecule has 2 atom stereocenters. The van der Waals surface area contributed by atoms with E-state index in [4.69, 9.17) is 37.6 Å². The highest BCUT2D eigenvalue weighted by Crippen LogP contribution is 2.52. The summed E-state index contributed by atoms with van der Waals surface area (Å²) < 4.78 is 48.2. The molecule has 11 rings (SSSR count). The topological polar surface area (TPSA) is 122 Å². The fourth-order valence-electron chi connectivity index (χ4n) is 9.57. The number of fused-ring (bicyclic) bond motifs is 4. The molecule has 0 saturated carbocycles. The van der Waals surface area contributed by atoms with Gasteiger partial charge in [-0.1, -0.05) is 24.3 Å². The van der Waals surface area contributed by atoms with Gasteiger partial charge in [0.2, 0.25) is 5.75 Å². The standard InChI is InChI=1S/C38H42N2O6.C15H14O4/c1-39-15-13-25-20-32(42-4)34-22-28(25)29(39)17-23-7-10-27(11-8-23)45-33-19-24(9-12-31(33)41-3)18-30-36-26(14-16-40(30)2)21-35(43-5)37(44-6)38(36)46-34;1-8-3-4-10-12(18-7-8)6-13-14(15(10)17)11(16)5-9(2)19-13/h7-12,19-22,29-30H,13-18H2,1-6H3;3,5-6,17H,4,7H2,1-2H3. The molecule has 0 fully saturated rings. The number of likely N-dealkylation sites (N-methyl/N-ethyl adjacent to an activating group) is 2. The van der Waals surface area contributed by atoms with Crippen LogP contribution in [0.4, 0.5) is 0 Å². The second-order valence-electron chi connectivity index (χ2n) is 17.3. The number of hydrogen-bond donors (Lipinski definition) is 1. The molecule has 1 N–H and O–H groups in total. The van der Waals surface area contributed by atoms with Crippen LogP contribution >= 0.6 is 0 Å². The van der Waals surface area contributed by atoms with Crippen LogP contribution in [-0.4, -0.2) is 77.1 Å². The molecular formula is C53H56N2O10. The van der Waals surface area contributed by atoms with Gasteiger partial charge in [-0.25, -0.2) is 0 Å². The summed E-state index contributed by atoms with van der Waals surface area (Å²) >= 11 is 0. The van der Waals surface area contributed by atoms with E-state index in [0.29, 0.717) is 75.9 Å². The number of benzene rings is 5. The van der Waals surface area contributed by atoms with Gasteiger partial charge >= 0.3 is 0 Å². The molecule has 12 heteroatoms. The van der Waals surface area contributed by atoms with Gasteiger partial charge in [-0.2, -0.15) is 0 Å². The van der Waals surface area contributed by atoms with Crippen LogP contribution < -0.4 is 38.6 Å². The number of hydrogen-bond acceptors (Lipinski definition) is 12. The van der Waals surface area contributed by atoms with Crippen LogP contribution in [0.1, 0.15) is 63.7 Å². The SMILES string of the molecule is CC1=CCc2c(cc3oc(C)cc(=O)c3c2O)OC1.COc1ccc2cc1Oc1ccc(cc1)CC1c3cc(c(OC)cc3CCN1C)Oc1c(OC)c(OC)cc3c1C(C2)N(C)CC3. The fourth-order valence-corrected chi connectivity index (χ4v) is 9.57. The second kappa shape index (κ2) is 18.1. The second-order valence-corrected chi connectivity index (χ2v) is 17.3. The molecule has 0 amide bonds. The molecule has 0 saturated heterocycles. The molecule has 65 heavy (non-hydrogen) atoms. The summed E-state index contributed by atoms with van der Waals surface area (Å²) in [6, 6.07) is 24.3. The zero-order chi connectivity index (χ0) is 45.5. The Kier molecular flexibility index (Phi) is 12.1. The molecular weight excluding hydrogens is 825 g/mol. The van der Waals surface area contributed by atoms with Crippen molar-refractivity contribution in [3.8, 4) is 57.5 Å². The number of aryl methyl sites for hydroxylation is 1. The zero-order valence-corrected chi connectivity index (χ0v) is 38.3. The maximum Gasteiger partial charge on any atom is 0.204 e. The lowest BCUT2D eigenvalue weighted by Crippen LogP contribution is -2.34. The molecule has 5 aromatic carbocycles. The fraction of sp³-hybridized carbons (Fsp3) is 0.340. The van der Waals surface area contributed by atoms with Crippen LogP contribution in [0.25, 0.3) is 11.0 Å². The Morgan fingerprint density at radius 1 is 0.692 bits per heavy atom. The maximum absolute atomic E-state index is 12.0. The molecule has 0 spiro atoms. The predicted octanol–water partition coefficient (Wildman–Crippen LogP) is 9.85. The average Bonchev–Trinajstić information content (AvgIpc) is 3.49. The Hall–Kier alpha value is -6.63. The van der Waals surface area contributed by atoms with Crippen molar-refractivity contribution < 1.29 is 42.7 Å². The lowest BCUT2D eigenvalue weighted by molar-refractivity contribution is 0.220. The van der Waals surface area contributed by atoms with Crippen LogP contribution in [-0.2, 0) is 32.1 Å². The van der Waals surface area contributed by atoms with E-state index >= 15 is 0 Å².